The molecule has 172 valence electrons. The highest BCUT2D eigenvalue weighted by atomic mass is 32.2. The Balaban J connectivity index is 1.63. The second kappa shape index (κ2) is 10.3. The van der Waals surface area contributed by atoms with Crippen molar-refractivity contribution in [1.29, 1.82) is 0 Å². The first-order valence-corrected chi connectivity index (χ1v) is 12.4. The SMILES string of the molecule is CC[C@H](C)NC(=O)c1ccccc1NC(=O)C1CCN(S(=O)(=O)c2ccc(C)cc2)CC1. The molecule has 1 aliphatic rings. The van der Waals surface area contributed by atoms with Gasteiger partial charge in [0.1, 0.15) is 0 Å². The molecule has 0 saturated carbocycles. The molecule has 0 radical (unpaired) electrons. The third-order valence-corrected chi connectivity index (χ3v) is 7.82. The summed E-state index contributed by atoms with van der Waals surface area (Å²) >= 11 is 0. The quantitative estimate of drug-likeness (QED) is 0.665. The van der Waals surface area contributed by atoms with Gasteiger partial charge in [0, 0.05) is 25.0 Å². The van der Waals surface area contributed by atoms with Gasteiger partial charge in [-0.05, 0) is 57.4 Å². The Labute approximate surface area is 190 Å². The van der Waals surface area contributed by atoms with Gasteiger partial charge in [0.15, 0.2) is 0 Å². The fraction of sp³-hybridized carbons (Fsp3) is 0.417. The summed E-state index contributed by atoms with van der Waals surface area (Å²) in [5.41, 5.74) is 1.88. The monoisotopic (exact) mass is 457 g/mol. The molecule has 1 heterocycles. The van der Waals surface area contributed by atoms with Crippen molar-refractivity contribution in [3.63, 3.8) is 0 Å². The fourth-order valence-corrected chi connectivity index (χ4v) is 5.12. The zero-order valence-corrected chi connectivity index (χ0v) is 19.6. The van der Waals surface area contributed by atoms with Crippen molar-refractivity contribution in [2.75, 3.05) is 18.4 Å². The number of anilines is 1. The van der Waals surface area contributed by atoms with Gasteiger partial charge in [0.2, 0.25) is 15.9 Å². The highest BCUT2D eigenvalue weighted by Gasteiger charge is 2.32. The average Bonchev–Trinajstić information content (AvgIpc) is 2.79. The molecular weight excluding hydrogens is 426 g/mol. The van der Waals surface area contributed by atoms with Crippen molar-refractivity contribution >= 4 is 27.5 Å². The summed E-state index contributed by atoms with van der Waals surface area (Å²) < 4.78 is 27.2. The molecule has 2 aromatic rings. The molecule has 8 heteroatoms. The van der Waals surface area contributed by atoms with E-state index in [0.717, 1.165) is 12.0 Å². The molecule has 1 fully saturated rings. The minimum absolute atomic E-state index is 0.0334. The lowest BCUT2D eigenvalue weighted by molar-refractivity contribution is -0.120. The van der Waals surface area contributed by atoms with Crippen LogP contribution in [0, 0.1) is 12.8 Å². The molecule has 7 nitrogen and oxygen atoms in total. The van der Waals surface area contributed by atoms with Crippen LogP contribution in [-0.2, 0) is 14.8 Å². The molecule has 0 aromatic heterocycles. The highest BCUT2D eigenvalue weighted by Crippen LogP contribution is 2.26. The predicted molar refractivity (Wildman–Crippen MR) is 125 cm³/mol. The Morgan fingerprint density at radius 1 is 1.06 bits per heavy atom. The summed E-state index contributed by atoms with van der Waals surface area (Å²) in [6.45, 7) is 6.39. The minimum Gasteiger partial charge on any atom is -0.350 e. The van der Waals surface area contributed by atoms with Crippen LogP contribution >= 0.6 is 0 Å². The molecule has 2 N–H and O–H groups in total. The standard InChI is InChI=1S/C24H31N3O4S/c1-4-18(3)25-24(29)21-7-5-6-8-22(21)26-23(28)19-13-15-27(16-14-19)32(30,31)20-11-9-17(2)10-12-20/h5-12,18-19H,4,13-16H2,1-3H3,(H,25,29)(H,26,28)/t18-/m0/s1. The van der Waals surface area contributed by atoms with Crippen LogP contribution in [-0.4, -0.2) is 43.7 Å². The van der Waals surface area contributed by atoms with Gasteiger partial charge in [0.25, 0.3) is 5.91 Å². The van der Waals surface area contributed by atoms with Gasteiger partial charge >= 0.3 is 0 Å². The Morgan fingerprint density at radius 3 is 2.31 bits per heavy atom. The largest absolute Gasteiger partial charge is 0.350 e. The number of carbonyl (C=O) groups excluding carboxylic acids is 2. The zero-order chi connectivity index (χ0) is 23.3. The van der Waals surface area contributed by atoms with Gasteiger partial charge in [-0.2, -0.15) is 4.31 Å². The number of nitrogens with zero attached hydrogens (tertiary/aromatic N) is 1. The van der Waals surface area contributed by atoms with E-state index in [1.165, 1.54) is 4.31 Å². The number of nitrogens with one attached hydrogen (secondary N) is 2. The average molecular weight is 458 g/mol. The molecule has 2 aromatic carbocycles. The predicted octanol–water partition coefficient (Wildman–Crippen LogP) is 3.56. The number of rotatable bonds is 7. The Morgan fingerprint density at radius 2 is 1.69 bits per heavy atom. The summed E-state index contributed by atoms with van der Waals surface area (Å²) in [7, 11) is -3.57. The van der Waals surface area contributed by atoms with Crippen LogP contribution in [0.1, 0.15) is 49.0 Å². The summed E-state index contributed by atoms with van der Waals surface area (Å²) in [5.74, 6) is -0.736. The third kappa shape index (κ3) is 5.55. The zero-order valence-electron chi connectivity index (χ0n) is 18.8. The Hall–Kier alpha value is -2.71. The number of aryl methyl sites for hydroxylation is 1. The minimum atomic E-state index is -3.57. The van der Waals surface area contributed by atoms with Crippen LogP contribution in [0.5, 0.6) is 0 Å². The molecule has 3 rings (SSSR count). The first kappa shape index (κ1) is 23.9. The van der Waals surface area contributed by atoms with Crippen LogP contribution in [0.4, 0.5) is 5.69 Å². The molecular formula is C24H31N3O4S. The normalized spacial score (nSPS) is 16.3. The lowest BCUT2D eigenvalue weighted by Crippen LogP contribution is -2.41. The molecule has 0 bridgehead atoms. The first-order valence-electron chi connectivity index (χ1n) is 11.0. The van der Waals surface area contributed by atoms with Crippen molar-refractivity contribution in [2.45, 2.75) is 51.0 Å². The second-order valence-corrected chi connectivity index (χ2v) is 10.2. The summed E-state index contributed by atoms with van der Waals surface area (Å²) in [5, 5.41) is 5.79. The van der Waals surface area contributed by atoms with Crippen LogP contribution in [0.15, 0.2) is 53.4 Å². The van der Waals surface area contributed by atoms with Crippen molar-refractivity contribution in [2.24, 2.45) is 5.92 Å². The number of amides is 2. The maximum atomic E-state index is 12.9. The van der Waals surface area contributed by atoms with Crippen LogP contribution in [0.25, 0.3) is 0 Å². The lowest BCUT2D eigenvalue weighted by Gasteiger charge is -2.30. The van der Waals surface area contributed by atoms with Crippen molar-refractivity contribution in [3.8, 4) is 0 Å². The number of hydrogen-bond acceptors (Lipinski definition) is 4. The number of para-hydroxylation sites is 1. The van der Waals surface area contributed by atoms with E-state index in [2.05, 4.69) is 10.6 Å². The maximum absolute atomic E-state index is 12.9. The molecule has 0 unspecified atom stereocenters. The van der Waals surface area contributed by atoms with Crippen LogP contribution in [0.2, 0.25) is 0 Å². The van der Waals surface area contributed by atoms with Gasteiger partial charge < -0.3 is 10.6 Å². The van der Waals surface area contributed by atoms with E-state index in [9.17, 15) is 18.0 Å². The molecule has 0 aliphatic carbocycles. The summed E-state index contributed by atoms with van der Waals surface area (Å²) in [4.78, 5) is 25.7. The van der Waals surface area contributed by atoms with Gasteiger partial charge in [-0.25, -0.2) is 8.42 Å². The summed E-state index contributed by atoms with van der Waals surface area (Å²) in [6.07, 6.45) is 1.67. The third-order valence-electron chi connectivity index (χ3n) is 5.90. The van der Waals surface area contributed by atoms with E-state index < -0.39 is 10.0 Å². The fourth-order valence-electron chi connectivity index (χ4n) is 3.65. The number of benzene rings is 2. The molecule has 1 aliphatic heterocycles. The Kier molecular flexibility index (Phi) is 7.69. The van der Waals surface area contributed by atoms with E-state index in [0.29, 0.717) is 24.1 Å². The summed E-state index contributed by atoms with van der Waals surface area (Å²) in [6, 6.07) is 13.7. The van der Waals surface area contributed by atoms with E-state index in [4.69, 9.17) is 0 Å². The second-order valence-electron chi connectivity index (χ2n) is 8.31. The van der Waals surface area contributed by atoms with Gasteiger partial charge in [-0.1, -0.05) is 36.8 Å². The lowest BCUT2D eigenvalue weighted by atomic mass is 9.97. The Bertz CT molecular complexity index is 1060. The van der Waals surface area contributed by atoms with E-state index in [1.807, 2.05) is 20.8 Å². The first-order chi connectivity index (χ1) is 15.2. The molecule has 1 atom stereocenters. The molecule has 2 amide bonds. The molecule has 1 saturated heterocycles. The smallest absolute Gasteiger partial charge is 0.253 e. The number of piperidine rings is 1. The maximum Gasteiger partial charge on any atom is 0.253 e. The van der Waals surface area contributed by atoms with E-state index in [1.54, 1.807) is 48.5 Å². The van der Waals surface area contributed by atoms with Gasteiger partial charge in [-0.3, -0.25) is 9.59 Å². The van der Waals surface area contributed by atoms with Crippen molar-refractivity contribution in [3.05, 3.63) is 59.7 Å². The van der Waals surface area contributed by atoms with Gasteiger partial charge in [-0.15, -0.1) is 0 Å². The van der Waals surface area contributed by atoms with Gasteiger partial charge in [0.05, 0.1) is 16.1 Å². The number of carbonyl (C=O) groups is 2. The molecule has 0 spiro atoms. The number of hydrogen-bond donors (Lipinski definition) is 2. The van der Waals surface area contributed by atoms with E-state index in [-0.39, 0.29) is 41.8 Å². The van der Waals surface area contributed by atoms with Crippen LogP contribution < -0.4 is 10.6 Å². The van der Waals surface area contributed by atoms with Crippen molar-refractivity contribution in [1.82, 2.24) is 9.62 Å². The number of sulfonamides is 1. The topological polar surface area (TPSA) is 95.6 Å². The van der Waals surface area contributed by atoms with Crippen LogP contribution in [0.3, 0.4) is 0 Å². The highest BCUT2D eigenvalue weighted by molar-refractivity contribution is 7.89. The van der Waals surface area contributed by atoms with Crippen molar-refractivity contribution < 1.29 is 18.0 Å². The van der Waals surface area contributed by atoms with E-state index >= 15 is 0 Å². The molecule has 32 heavy (non-hydrogen) atoms.